The summed E-state index contributed by atoms with van der Waals surface area (Å²) in [5.74, 6) is 0. The zero-order valence-electron chi connectivity index (χ0n) is 2.83. The molecule has 0 N–H and O–H groups in total. The van der Waals surface area contributed by atoms with Crippen LogP contribution in [0.25, 0.3) is 0 Å². The second-order valence-corrected chi connectivity index (χ2v) is 99.8. The van der Waals surface area contributed by atoms with Crippen molar-refractivity contribution >= 4 is 77.4 Å². The van der Waals surface area contributed by atoms with Crippen LogP contribution >= 0.6 is 77.4 Å². The zero-order chi connectivity index (χ0) is 4.50. The van der Waals surface area contributed by atoms with Gasteiger partial charge in [-0.15, -0.1) is 0 Å². The molecule has 0 nitrogen and oxygen atoms in total. The van der Waals surface area contributed by atoms with Crippen molar-refractivity contribution in [3.63, 3.8) is 0 Å². The molecular weight excluding hydrogens is 742 g/mol. The Labute approximate surface area is 125 Å². The molecule has 0 spiro atoms. The average Bonchev–Trinajstić information content (AvgIpc) is 0.722. The molecule has 0 aliphatic heterocycles. The van der Waals surface area contributed by atoms with Crippen LogP contribution in [-0.2, 0) is 1.33 Å². The molecule has 0 rings (SSSR count). The quantitative estimate of drug-likeness (QED) is 0.252. The molecule has 0 saturated carbocycles. The van der Waals surface area contributed by atoms with Gasteiger partial charge in [0, 0.05) is 0 Å². The number of hydrogen-bond acceptors (Lipinski definition) is 0. The first-order chi connectivity index (χ1) is 2.00. The first-order valence-electron chi connectivity index (χ1n) is 0.478. The summed E-state index contributed by atoms with van der Waals surface area (Å²) in [6.07, 6.45) is 0. The molecule has 0 aromatic carbocycles. The molecular formula is I4KPt. The number of rotatable bonds is 0. The van der Waals surface area contributed by atoms with Crippen molar-refractivity contribution in [2.24, 2.45) is 0 Å². The molecule has 0 fully saturated rings. The molecule has 6 heavy (non-hydrogen) atoms. The van der Waals surface area contributed by atoms with Gasteiger partial charge in [-0.25, -0.2) is 0 Å². The summed E-state index contributed by atoms with van der Waals surface area (Å²) in [4.78, 5) is 0. The maximum Gasteiger partial charge on any atom is 1.00 e. The first kappa shape index (κ1) is 13.8. The standard InChI is InChI=1S/4HI.K.Pt/h4*1H;;/q;;;;+1;+3/p-4. The fraction of sp³-hybridized carbons (Fsp3) is 0. The molecule has 0 aliphatic carbocycles. The van der Waals surface area contributed by atoms with Gasteiger partial charge in [0.1, 0.15) is 0 Å². The molecule has 0 heterocycles. The van der Waals surface area contributed by atoms with Crippen LogP contribution in [0, 0.1) is 0 Å². The smallest absolute Gasteiger partial charge is 1.00 e. The molecule has 0 amide bonds. The van der Waals surface area contributed by atoms with E-state index in [0.29, 0.717) is 0 Å². The average molecular weight is 742 g/mol. The summed E-state index contributed by atoms with van der Waals surface area (Å²) in [6, 6.07) is 0. The molecule has 0 aromatic heterocycles. The van der Waals surface area contributed by atoms with Crippen LogP contribution in [0.5, 0.6) is 0 Å². The van der Waals surface area contributed by atoms with Gasteiger partial charge in [-0.3, -0.25) is 0 Å². The van der Waals surface area contributed by atoms with Crippen molar-refractivity contribution in [3.05, 3.63) is 0 Å². The third-order valence-electron chi connectivity index (χ3n) is 0. The van der Waals surface area contributed by atoms with E-state index in [-0.39, 0.29) is 51.4 Å². The van der Waals surface area contributed by atoms with Crippen LogP contribution in [-0.4, -0.2) is 0 Å². The number of hydrogen-bond donors (Lipinski definition) is 0. The molecule has 0 atom stereocenters. The Hall–Kier alpha value is 5.24. The van der Waals surface area contributed by atoms with Crippen molar-refractivity contribution in [3.8, 4) is 0 Å². The minimum atomic E-state index is -1.06. The minimum absolute atomic E-state index is 0. The summed E-state index contributed by atoms with van der Waals surface area (Å²) in [5, 5.41) is 0. The maximum atomic E-state index is 2.52. The molecule has 0 unspecified atom stereocenters. The van der Waals surface area contributed by atoms with Crippen LogP contribution in [0.2, 0.25) is 0 Å². The van der Waals surface area contributed by atoms with Gasteiger partial charge < -0.3 is 0 Å². The molecule has 39 valence electrons. The van der Waals surface area contributed by atoms with Crippen LogP contribution in [0.3, 0.4) is 0 Å². The van der Waals surface area contributed by atoms with Crippen LogP contribution in [0.15, 0.2) is 0 Å². The Balaban J connectivity index is 0. The normalized spacial score (nSPS) is 12.7. The molecule has 0 saturated heterocycles. The Kier molecular flexibility index (Phi) is 15.9. The van der Waals surface area contributed by atoms with E-state index in [2.05, 4.69) is 77.4 Å². The van der Waals surface area contributed by atoms with Crippen molar-refractivity contribution in [1.82, 2.24) is 0 Å². The third kappa shape index (κ3) is 22.8. The summed E-state index contributed by atoms with van der Waals surface area (Å²) in [5.41, 5.74) is 0. The summed E-state index contributed by atoms with van der Waals surface area (Å²) >= 11 is 10.1. The van der Waals surface area contributed by atoms with E-state index in [1.165, 1.54) is 0 Å². The van der Waals surface area contributed by atoms with Gasteiger partial charge in [0.25, 0.3) is 0 Å². The van der Waals surface area contributed by atoms with Gasteiger partial charge in [0.2, 0.25) is 0 Å². The Morgan fingerprint density at radius 3 is 0.833 bits per heavy atom. The van der Waals surface area contributed by atoms with Crippen molar-refractivity contribution in [2.45, 2.75) is 0 Å². The van der Waals surface area contributed by atoms with E-state index in [4.69, 9.17) is 0 Å². The Morgan fingerprint density at radius 1 is 0.833 bits per heavy atom. The zero-order valence-corrected chi connectivity index (χ0v) is 16.9. The van der Waals surface area contributed by atoms with E-state index in [1.54, 1.807) is 0 Å². The van der Waals surface area contributed by atoms with Gasteiger partial charge in [-0.1, -0.05) is 0 Å². The fourth-order valence-corrected chi connectivity index (χ4v) is 0. The Bertz CT molecular complexity index is 23.0. The van der Waals surface area contributed by atoms with Gasteiger partial charge >= 0.3 is 130 Å². The van der Waals surface area contributed by atoms with Crippen LogP contribution in [0.1, 0.15) is 0 Å². The summed E-state index contributed by atoms with van der Waals surface area (Å²) in [6.45, 7) is 0. The second-order valence-electron chi connectivity index (χ2n) is 0.271. The predicted octanol–water partition coefficient (Wildman–Crippen LogP) is 0.544. The van der Waals surface area contributed by atoms with E-state index < -0.39 is 1.33 Å². The monoisotopic (exact) mass is 742 g/mol. The topological polar surface area (TPSA) is 0 Å². The number of halogens is 4. The van der Waals surface area contributed by atoms with Gasteiger partial charge in [-0.05, 0) is 0 Å². The second kappa shape index (κ2) is 6.92. The molecule has 0 bridgehead atoms. The van der Waals surface area contributed by atoms with Gasteiger partial charge in [0.05, 0.1) is 0 Å². The molecule has 0 aliphatic rings. The van der Waals surface area contributed by atoms with E-state index >= 15 is 0 Å². The molecule has 0 aromatic rings. The fourth-order valence-electron chi connectivity index (χ4n) is 0. The first-order valence-corrected chi connectivity index (χ1v) is 26.3. The molecule has 0 radical (unpaired) electrons. The molecule has 6 heteroatoms. The van der Waals surface area contributed by atoms with Crippen molar-refractivity contribution in [2.75, 3.05) is 0 Å². The summed E-state index contributed by atoms with van der Waals surface area (Å²) in [7, 11) is 0. The summed E-state index contributed by atoms with van der Waals surface area (Å²) < 4.78 is -1.06. The maximum absolute atomic E-state index is 2.52. The van der Waals surface area contributed by atoms with Gasteiger partial charge in [-0.2, -0.15) is 0 Å². The van der Waals surface area contributed by atoms with Gasteiger partial charge in [0.15, 0.2) is 0 Å². The van der Waals surface area contributed by atoms with E-state index in [9.17, 15) is 0 Å². The van der Waals surface area contributed by atoms with Crippen LogP contribution < -0.4 is 51.4 Å². The van der Waals surface area contributed by atoms with Crippen LogP contribution in [0.4, 0.5) is 0 Å². The predicted molar refractivity (Wildman–Crippen MR) is 56.1 cm³/mol. The SMILES string of the molecule is [I][Pt-]([I])([I])[I].[K+]. The van der Waals surface area contributed by atoms with Crippen molar-refractivity contribution in [1.29, 1.82) is 0 Å². The largest absolute Gasteiger partial charge is 1.00 e. The van der Waals surface area contributed by atoms with E-state index in [0.717, 1.165) is 0 Å². The third-order valence-corrected chi connectivity index (χ3v) is 0. The minimum Gasteiger partial charge on any atom is 1.00 e. The Morgan fingerprint density at radius 2 is 0.833 bits per heavy atom. The van der Waals surface area contributed by atoms with Crippen molar-refractivity contribution < 1.29 is 52.7 Å². The van der Waals surface area contributed by atoms with E-state index in [1.807, 2.05) is 0 Å².